The van der Waals surface area contributed by atoms with Gasteiger partial charge in [0, 0.05) is 19.1 Å². The van der Waals surface area contributed by atoms with Crippen molar-refractivity contribution in [3.8, 4) is 0 Å². The number of rotatable bonds is 5. The third-order valence-electron chi connectivity index (χ3n) is 3.71. The van der Waals surface area contributed by atoms with Crippen LogP contribution in [0.1, 0.15) is 38.9 Å². The molecule has 2 heterocycles. The molecule has 1 aliphatic heterocycles. The topological polar surface area (TPSA) is 39.1 Å². The molecule has 0 radical (unpaired) electrons. The zero-order valence-corrected chi connectivity index (χ0v) is 12.1. The van der Waals surface area contributed by atoms with Gasteiger partial charge in [-0.15, -0.1) is 0 Å². The van der Waals surface area contributed by atoms with Crippen LogP contribution in [0.3, 0.4) is 0 Å². The van der Waals surface area contributed by atoms with E-state index in [-0.39, 0.29) is 12.1 Å². The summed E-state index contributed by atoms with van der Waals surface area (Å²) in [5.41, 5.74) is 1.10. The average molecular weight is 272 g/mol. The third-order valence-corrected chi connectivity index (χ3v) is 4.01. The van der Waals surface area contributed by atoms with Crippen molar-refractivity contribution < 1.29 is 4.74 Å². The maximum Gasteiger partial charge on any atom is 0.0834 e. The minimum Gasteiger partial charge on any atom is -0.378 e. The van der Waals surface area contributed by atoms with Gasteiger partial charge in [-0.3, -0.25) is 4.68 Å². The molecule has 1 aromatic heterocycles. The van der Waals surface area contributed by atoms with Crippen LogP contribution in [0.4, 0.5) is 0 Å². The summed E-state index contributed by atoms with van der Waals surface area (Å²) in [6, 6.07) is 0.224. The molecule has 5 heteroatoms. The van der Waals surface area contributed by atoms with E-state index < -0.39 is 0 Å². The zero-order chi connectivity index (χ0) is 13.1. The summed E-state index contributed by atoms with van der Waals surface area (Å²) in [6.45, 7) is 8.94. The highest BCUT2D eigenvalue weighted by Gasteiger charge is 2.35. The van der Waals surface area contributed by atoms with Crippen LogP contribution < -0.4 is 5.32 Å². The van der Waals surface area contributed by atoms with Crippen molar-refractivity contribution in [1.29, 1.82) is 0 Å². The number of halogens is 1. The molecule has 1 aliphatic rings. The highest BCUT2D eigenvalue weighted by Crippen LogP contribution is 2.36. The summed E-state index contributed by atoms with van der Waals surface area (Å²) >= 11 is 6.32. The number of ether oxygens (including phenoxy) is 1. The number of aryl methyl sites for hydroxylation is 1. The Morgan fingerprint density at radius 3 is 2.94 bits per heavy atom. The van der Waals surface area contributed by atoms with Gasteiger partial charge in [0.25, 0.3) is 0 Å². The average Bonchev–Trinajstić information content (AvgIpc) is 2.93. The van der Waals surface area contributed by atoms with Crippen LogP contribution in [0.2, 0.25) is 5.02 Å². The molecule has 0 saturated carbocycles. The van der Waals surface area contributed by atoms with Gasteiger partial charge in [-0.2, -0.15) is 5.10 Å². The lowest BCUT2D eigenvalue weighted by molar-refractivity contribution is 0.0945. The van der Waals surface area contributed by atoms with Crippen molar-refractivity contribution in [2.24, 2.45) is 5.92 Å². The molecule has 2 rings (SSSR count). The Balaban J connectivity index is 2.31. The molecule has 1 N–H and O–H groups in total. The molecule has 1 fully saturated rings. The molecule has 1 saturated heterocycles. The first-order chi connectivity index (χ1) is 8.69. The van der Waals surface area contributed by atoms with Crippen LogP contribution >= 0.6 is 11.6 Å². The van der Waals surface area contributed by atoms with Crippen molar-refractivity contribution in [3.05, 3.63) is 16.9 Å². The van der Waals surface area contributed by atoms with Crippen molar-refractivity contribution in [3.63, 3.8) is 0 Å². The van der Waals surface area contributed by atoms with E-state index >= 15 is 0 Å². The number of hydrogen-bond donors (Lipinski definition) is 1. The second-order valence-corrected chi connectivity index (χ2v) is 5.16. The van der Waals surface area contributed by atoms with E-state index in [2.05, 4.69) is 31.2 Å². The van der Waals surface area contributed by atoms with Gasteiger partial charge in [0.2, 0.25) is 0 Å². The van der Waals surface area contributed by atoms with Gasteiger partial charge >= 0.3 is 0 Å². The van der Waals surface area contributed by atoms with Gasteiger partial charge in [0.1, 0.15) is 0 Å². The molecule has 0 bridgehead atoms. The molecule has 0 amide bonds. The van der Waals surface area contributed by atoms with Crippen molar-refractivity contribution in [2.45, 2.75) is 45.9 Å². The molecular weight excluding hydrogens is 250 g/mol. The van der Waals surface area contributed by atoms with E-state index in [1.54, 1.807) is 6.20 Å². The monoisotopic (exact) mass is 271 g/mol. The summed E-state index contributed by atoms with van der Waals surface area (Å²) in [6.07, 6.45) is 3.08. The predicted octanol–water partition coefficient (Wildman–Crippen LogP) is 2.63. The van der Waals surface area contributed by atoms with Crippen molar-refractivity contribution >= 4 is 11.6 Å². The van der Waals surface area contributed by atoms with Gasteiger partial charge < -0.3 is 10.1 Å². The molecule has 1 aromatic rings. The molecule has 102 valence electrons. The summed E-state index contributed by atoms with van der Waals surface area (Å²) in [4.78, 5) is 0. The van der Waals surface area contributed by atoms with Crippen LogP contribution in [0, 0.1) is 5.92 Å². The van der Waals surface area contributed by atoms with Crippen LogP contribution in [0.5, 0.6) is 0 Å². The van der Waals surface area contributed by atoms with Crippen LogP contribution in [0.15, 0.2) is 6.20 Å². The molecular formula is C13H22ClN3O. The summed E-state index contributed by atoms with van der Waals surface area (Å²) in [7, 11) is 0. The first-order valence-corrected chi connectivity index (χ1v) is 7.13. The first kappa shape index (κ1) is 13.8. The molecule has 4 nitrogen and oxygen atoms in total. The normalized spacial score (nSPS) is 25.6. The highest BCUT2D eigenvalue weighted by molar-refractivity contribution is 6.31. The molecule has 0 aliphatic carbocycles. The van der Waals surface area contributed by atoms with E-state index in [4.69, 9.17) is 16.3 Å². The summed E-state index contributed by atoms with van der Waals surface area (Å²) < 4.78 is 7.68. The quantitative estimate of drug-likeness (QED) is 0.895. The second kappa shape index (κ2) is 6.04. The fraction of sp³-hybridized carbons (Fsp3) is 0.769. The molecule has 3 atom stereocenters. The Kier molecular flexibility index (Phi) is 4.65. The lowest BCUT2D eigenvalue weighted by Gasteiger charge is -2.27. The Hall–Kier alpha value is -0.580. The Labute approximate surface area is 114 Å². The zero-order valence-electron chi connectivity index (χ0n) is 11.3. The lowest BCUT2D eigenvalue weighted by atomic mass is 9.91. The number of nitrogens with zero attached hydrogens (tertiary/aromatic N) is 2. The van der Waals surface area contributed by atoms with Crippen molar-refractivity contribution in [1.82, 2.24) is 15.1 Å². The first-order valence-electron chi connectivity index (χ1n) is 6.75. The Morgan fingerprint density at radius 2 is 2.39 bits per heavy atom. The van der Waals surface area contributed by atoms with Crippen LogP contribution in [-0.4, -0.2) is 29.0 Å². The molecule has 18 heavy (non-hydrogen) atoms. The van der Waals surface area contributed by atoms with E-state index in [0.29, 0.717) is 5.92 Å². The highest BCUT2D eigenvalue weighted by atomic mass is 35.5. The predicted molar refractivity (Wildman–Crippen MR) is 72.8 cm³/mol. The maximum absolute atomic E-state index is 6.32. The number of hydrogen-bond acceptors (Lipinski definition) is 3. The largest absolute Gasteiger partial charge is 0.378 e. The van der Waals surface area contributed by atoms with E-state index in [9.17, 15) is 0 Å². The summed E-state index contributed by atoms with van der Waals surface area (Å²) in [5.74, 6) is 0.462. The van der Waals surface area contributed by atoms with E-state index in [0.717, 1.165) is 36.8 Å². The smallest absolute Gasteiger partial charge is 0.0834 e. The van der Waals surface area contributed by atoms with Gasteiger partial charge in [-0.05, 0) is 26.8 Å². The van der Waals surface area contributed by atoms with Gasteiger partial charge in [0.15, 0.2) is 0 Å². The second-order valence-electron chi connectivity index (χ2n) is 4.76. The SMILES string of the molecule is CCNC(c1c(Cl)cnn1CC)C1CCOC1C. The van der Waals surface area contributed by atoms with Gasteiger partial charge in [-0.25, -0.2) is 0 Å². The van der Waals surface area contributed by atoms with Crippen LogP contribution in [0.25, 0.3) is 0 Å². The lowest BCUT2D eigenvalue weighted by Crippen LogP contribution is -2.33. The summed E-state index contributed by atoms with van der Waals surface area (Å²) in [5, 5.41) is 8.64. The minimum atomic E-state index is 0.224. The van der Waals surface area contributed by atoms with E-state index in [1.165, 1.54) is 0 Å². The molecule has 0 aromatic carbocycles. The Morgan fingerprint density at radius 1 is 1.61 bits per heavy atom. The Bertz CT molecular complexity index is 394. The third kappa shape index (κ3) is 2.56. The minimum absolute atomic E-state index is 0.224. The van der Waals surface area contributed by atoms with Crippen molar-refractivity contribution in [2.75, 3.05) is 13.2 Å². The van der Waals surface area contributed by atoms with E-state index in [1.807, 2.05) is 4.68 Å². The number of nitrogens with one attached hydrogen (secondary N) is 1. The van der Waals surface area contributed by atoms with Gasteiger partial charge in [-0.1, -0.05) is 18.5 Å². The fourth-order valence-electron chi connectivity index (χ4n) is 2.79. The van der Waals surface area contributed by atoms with Crippen LogP contribution in [-0.2, 0) is 11.3 Å². The van der Waals surface area contributed by atoms with Gasteiger partial charge in [0.05, 0.1) is 29.1 Å². The number of aromatic nitrogens is 2. The maximum atomic E-state index is 6.32. The fourth-order valence-corrected chi connectivity index (χ4v) is 3.05. The molecule has 0 spiro atoms. The standard InChI is InChI=1S/C13H22ClN3O/c1-4-15-12(10-6-7-18-9(10)3)13-11(14)8-16-17(13)5-2/h8-10,12,15H,4-7H2,1-3H3. The molecule has 3 unspecified atom stereocenters.